The lowest BCUT2D eigenvalue weighted by Gasteiger charge is -2.20. The van der Waals surface area contributed by atoms with Crippen LogP contribution in [-0.4, -0.2) is 58.7 Å². The van der Waals surface area contributed by atoms with Crippen LogP contribution in [0.5, 0.6) is 11.5 Å². The molecule has 0 amide bonds. The first-order valence-electron chi connectivity index (χ1n) is 10.7. The summed E-state index contributed by atoms with van der Waals surface area (Å²) in [6, 6.07) is 6.12. The number of nitrogens with zero attached hydrogens (tertiary/aromatic N) is 1. The van der Waals surface area contributed by atoms with E-state index in [1.165, 1.54) is 0 Å². The van der Waals surface area contributed by atoms with Crippen molar-refractivity contribution >= 4 is 29.9 Å². The van der Waals surface area contributed by atoms with Gasteiger partial charge in [-0.2, -0.15) is 0 Å². The summed E-state index contributed by atoms with van der Waals surface area (Å²) in [4.78, 5) is 4.32. The highest BCUT2D eigenvalue weighted by molar-refractivity contribution is 14.0. The maximum atomic E-state index is 5.73. The molecule has 1 heterocycles. The SMILES string of the molecule is CCOc1ccc(C(C)NC(=NC)NCCCOCC2CCCO2)cc1OCC.I. The summed E-state index contributed by atoms with van der Waals surface area (Å²) in [6.45, 7) is 10.3. The van der Waals surface area contributed by atoms with E-state index in [4.69, 9.17) is 18.9 Å². The van der Waals surface area contributed by atoms with E-state index in [0.717, 1.165) is 62.0 Å². The van der Waals surface area contributed by atoms with E-state index in [0.29, 0.717) is 19.8 Å². The number of hydrogen-bond acceptors (Lipinski definition) is 5. The molecule has 2 unspecified atom stereocenters. The predicted molar refractivity (Wildman–Crippen MR) is 132 cm³/mol. The van der Waals surface area contributed by atoms with Crippen molar-refractivity contribution in [1.82, 2.24) is 10.6 Å². The minimum absolute atomic E-state index is 0. The summed E-state index contributed by atoms with van der Waals surface area (Å²) in [5, 5.41) is 6.76. The van der Waals surface area contributed by atoms with Gasteiger partial charge in [0.25, 0.3) is 0 Å². The lowest BCUT2D eigenvalue weighted by atomic mass is 10.1. The molecule has 172 valence electrons. The number of ether oxygens (including phenoxy) is 4. The van der Waals surface area contributed by atoms with E-state index in [1.807, 2.05) is 26.0 Å². The Morgan fingerprint density at radius 1 is 1.23 bits per heavy atom. The maximum Gasteiger partial charge on any atom is 0.191 e. The Hall–Kier alpha value is -1.26. The quantitative estimate of drug-likeness (QED) is 0.183. The van der Waals surface area contributed by atoms with E-state index in [-0.39, 0.29) is 36.1 Å². The van der Waals surface area contributed by atoms with Crippen molar-refractivity contribution in [2.75, 3.05) is 46.6 Å². The lowest BCUT2D eigenvalue weighted by molar-refractivity contribution is 0.0168. The Morgan fingerprint density at radius 3 is 2.67 bits per heavy atom. The highest BCUT2D eigenvalue weighted by Gasteiger charge is 2.15. The van der Waals surface area contributed by atoms with E-state index in [2.05, 4.69) is 28.6 Å². The molecule has 1 aliphatic rings. The van der Waals surface area contributed by atoms with Crippen LogP contribution in [0.3, 0.4) is 0 Å². The Bertz CT molecular complexity index is 624. The number of hydrogen-bond donors (Lipinski definition) is 2. The molecule has 2 atom stereocenters. The molecule has 2 N–H and O–H groups in total. The van der Waals surface area contributed by atoms with Gasteiger partial charge in [-0.25, -0.2) is 0 Å². The number of aliphatic imine (C=N–C) groups is 1. The van der Waals surface area contributed by atoms with Crippen LogP contribution in [0.2, 0.25) is 0 Å². The van der Waals surface area contributed by atoms with Gasteiger partial charge >= 0.3 is 0 Å². The number of rotatable bonds is 12. The van der Waals surface area contributed by atoms with Crippen LogP contribution in [0.4, 0.5) is 0 Å². The van der Waals surface area contributed by atoms with E-state index in [1.54, 1.807) is 7.05 Å². The van der Waals surface area contributed by atoms with Crippen LogP contribution < -0.4 is 20.1 Å². The van der Waals surface area contributed by atoms with Gasteiger partial charge in [0, 0.05) is 26.8 Å². The monoisotopic (exact) mass is 535 g/mol. The smallest absolute Gasteiger partial charge is 0.191 e. The van der Waals surface area contributed by atoms with Crippen molar-refractivity contribution in [3.8, 4) is 11.5 Å². The molecule has 0 aliphatic carbocycles. The van der Waals surface area contributed by atoms with Gasteiger partial charge < -0.3 is 29.6 Å². The fourth-order valence-corrected chi connectivity index (χ4v) is 3.19. The second-order valence-corrected chi connectivity index (χ2v) is 7.00. The molecule has 2 rings (SSSR count). The Morgan fingerprint density at radius 2 is 2.00 bits per heavy atom. The van der Waals surface area contributed by atoms with Crippen molar-refractivity contribution in [3.63, 3.8) is 0 Å². The van der Waals surface area contributed by atoms with Crippen molar-refractivity contribution < 1.29 is 18.9 Å². The van der Waals surface area contributed by atoms with Crippen molar-refractivity contribution in [3.05, 3.63) is 23.8 Å². The third kappa shape index (κ3) is 9.26. The van der Waals surface area contributed by atoms with E-state index < -0.39 is 0 Å². The molecule has 8 heteroatoms. The van der Waals surface area contributed by atoms with Crippen molar-refractivity contribution in [2.45, 2.75) is 52.2 Å². The van der Waals surface area contributed by atoms with Crippen LogP contribution in [-0.2, 0) is 9.47 Å². The largest absolute Gasteiger partial charge is 0.490 e. The third-order valence-corrected chi connectivity index (χ3v) is 4.73. The van der Waals surface area contributed by atoms with Gasteiger partial charge in [0.1, 0.15) is 0 Å². The molecule has 1 aromatic carbocycles. The van der Waals surface area contributed by atoms with Crippen LogP contribution in [0, 0.1) is 0 Å². The predicted octanol–water partition coefficient (Wildman–Crippen LogP) is 3.91. The average Bonchev–Trinajstić information content (AvgIpc) is 3.24. The van der Waals surface area contributed by atoms with Gasteiger partial charge in [-0.15, -0.1) is 24.0 Å². The summed E-state index contributed by atoms with van der Waals surface area (Å²) in [5.41, 5.74) is 1.11. The first-order chi connectivity index (χ1) is 14.2. The lowest BCUT2D eigenvalue weighted by Crippen LogP contribution is -2.39. The molecule has 1 aliphatic heterocycles. The summed E-state index contributed by atoms with van der Waals surface area (Å²) < 4.78 is 22.6. The zero-order chi connectivity index (χ0) is 20.9. The Kier molecular flexibility index (Phi) is 13.9. The van der Waals surface area contributed by atoms with Gasteiger partial charge in [-0.1, -0.05) is 6.07 Å². The van der Waals surface area contributed by atoms with Gasteiger partial charge in [0.2, 0.25) is 0 Å². The molecule has 1 saturated heterocycles. The van der Waals surface area contributed by atoms with Crippen LogP contribution in [0.25, 0.3) is 0 Å². The van der Waals surface area contributed by atoms with Gasteiger partial charge in [-0.3, -0.25) is 4.99 Å². The summed E-state index contributed by atoms with van der Waals surface area (Å²) >= 11 is 0. The topological polar surface area (TPSA) is 73.3 Å². The minimum Gasteiger partial charge on any atom is -0.490 e. The fourth-order valence-electron chi connectivity index (χ4n) is 3.19. The maximum absolute atomic E-state index is 5.73. The second kappa shape index (κ2) is 15.5. The number of guanidine groups is 1. The van der Waals surface area contributed by atoms with Gasteiger partial charge in [0.05, 0.1) is 32.0 Å². The summed E-state index contributed by atoms with van der Waals surface area (Å²) in [7, 11) is 1.78. The molecular weight excluding hydrogens is 497 g/mol. The van der Waals surface area contributed by atoms with Crippen molar-refractivity contribution in [2.24, 2.45) is 4.99 Å². The molecule has 1 aromatic rings. The van der Waals surface area contributed by atoms with E-state index in [9.17, 15) is 0 Å². The molecular formula is C22H38IN3O4. The first-order valence-corrected chi connectivity index (χ1v) is 10.7. The van der Waals surface area contributed by atoms with Crippen molar-refractivity contribution in [1.29, 1.82) is 0 Å². The van der Waals surface area contributed by atoms with Crippen LogP contribution >= 0.6 is 24.0 Å². The summed E-state index contributed by atoms with van der Waals surface area (Å²) in [6.07, 6.45) is 3.47. The zero-order valence-corrected chi connectivity index (χ0v) is 21.1. The van der Waals surface area contributed by atoms with Crippen LogP contribution in [0.15, 0.2) is 23.2 Å². The number of benzene rings is 1. The van der Waals surface area contributed by atoms with Gasteiger partial charge in [-0.05, 0) is 57.7 Å². The molecule has 0 bridgehead atoms. The minimum atomic E-state index is 0. The van der Waals surface area contributed by atoms with Crippen LogP contribution in [0.1, 0.15) is 51.6 Å². The average molecular weight is 535 g/mol. The normalized spacial score (nSPS) is 17.2. The Balaban J connectivity index is 0.00000450. The molecule has 0 spiro atoms. The Labute approximate surface area is 198 Å². The zero-order valence-electron chi connectivity index (χ0n) is 18.7. The standard InChI is InChI=1S/C22H37N3O4.HI/c1-5-27-20-11-10-18(15-21(20)28-6-2)17(3)25-22(23-4)24-12-8-13-26-16-19-9-7-14-29-19;/h10-11,15,17,19H,5-9,12-14,16H2,1-4H3,(H2,23,24,25);1H. The van der Waals surface area contributed by atoms with Gasteiger partial charge in [0.15, 0.2) is 17.5 Å². The number of halogens is 1. The summed E-state index contributed by atoms with van der Waals surface area (Å²) in [5.74, 6) is 2.31. The highest BCUT2D eigenvalue weighted by Crippen LogP contribution is 2.30. The molecule has 7 nitrogen and oxygen atoms in total. The third-order valence-electron chi connectivity index (χ3n) is 4.73. The number of nitrogens with one attached hydrogen (secondary N) is 2. The highest BCUT2D eigenvalue weighted by atomic mass is 127. The molecule has 0 saturated carbocycles. The molecule has 0 aromatic heterocycles. The second-order valence-electron chi connectivity index (χ2n) is 7.00. The molecule has 30 heavy (non-hydrogen) atoms. The first kappa shape index (κ1) is 26.8. The fraction of sp³-hybridized carbons (Fsp3) is 0.682. The van der Waals surface area contributed by atoms with E-state index >= 15 is 0 Å². The molecule has 1 fully saturated rings. The molecule has 0 radical (unpaired) electrons.